The summed E-state index contributed by atoms with van der Waals surface area (Å²) in [5.41, 5.74) is 10.4. The summed E-state index contributed by atoms with van der Waals surface area (Å²) in [6.07, 6.45) is 14.3. The molecule has 4 nitrogen and oxygen atoms in total. The minimum absolute atomic E-state index is 0.300. The second kappa shape index (κ2) is 8.94. The van der Waals surface area contributed by atoms with Crippen molar-refractivity contribution in [1.29, 1.82) is 0 Å². The Bertz CT molecular complexity index is 1430. The summed E-state index contributed by atoms with van der Waals surface area (Å²) in [7, 11) is -0.301. The van der Waals surface area contributed by atoms with Crippen molar-refractivity contribution in [2.24, 2.45) is 0 Å². The Hall–Kier alpha value is -2.63. The first-order chi connectivity index (χ1) is 18.7. The normalized spacial score (nSPS) is 24.5. The van der Waals surface area contributed by atoms with E-state index in [1.807, 2.05) is 6.20 Å². The number of allylic oxidation sites excluding steroid dienone is 2. The van der Waals surface area contributed by atoms with Gasteiger partial charge >= 0.3 is 7.12 Å². The highest BCUT2D eigenvalue weighted by atomic mass is 16.7. The van der Waals surface area contributed by atoms with E-state index in [9.17, 15) is 0 Å². The highest BCUT2D eigenvalue weighted by Gasteiger charge is 2.53. The number of benzene rings is 2. The Labute approximate surface area is 233 Å². The van der Waals surface area contributed by atoms with Crippen molar-refractivity contribution in [3.05, 3.63) is 71.2 Å². The molecule has 3 aliphatic carbocycles. The average Bonchev–Trinajstić information content (AvgIpc) is 3.73. The predicted molar refractivity (Wildman–Crippen MR) is 159 cm³/mol. The van der Waals surface area contributed by atoms with Crippen molar-refractivity contribution in [2.45, 2.75) is 109 Å². The maximum Gasteiger partial charge on any atom is 0.495 e. The quantitative estimate of drug-likeness (QED) is 0.284. The van der Waals surface area contributed by atoms with Gasteiger partial charge in [-0.25, -0.2) is 4.98 Å². The molecule has 1 atom stereocenters. The average molecular weight is 521 g/mol. The fourth-order valence-corrected chi connectivity index (χ4v) is 7.62. The van der Waals surface area contributed by atoms with Gasteiger partial charge in [0.15, 0.2) is 0 Å². The zero-order valence-electron chi connectivity index (χ0n) is 24.2. The van der Waals surface area contributed by atoms with Crippen molar-refractivity contribution < 1.29 is 9.31 Å². The monoisotopic (exact) mass is 520 g/mol. The molecule has 2 fully saturated rings. The number of imidazole rings is 1. The van der Waals surface area contributed by atoms with Crippen LogP contribution < -0.4 is 5.46 Å². The van der Waals surface area contributed by atoms with Crippen LogP contribution in [0, 0.1) is 0 Å². The third kappa shape index (κ3) is 4.07. The summed E-state index contributed by atoms with van der Waals surface area (Å²) in [5, 5.41) is 0. The van der Waals surface area contributed by atoms with Crippen LogP contribution in [0.3, 0.4) is 0 Å². The molecule has 202 valence electrons. The summed E-state index contributed by atoms with van der Waals surface area (Å²) < 4.78 is 13.1. The molecule has 0 bridgehead atoms. The second-order valence-corrected chi connectivity index (χ2v) is 13.5. The van der Waals surface area contributed by atoms with E-state index in [1.54, 1.807) is 5.56 Å². The van der Waals surface area contributed by atoms with Gasteiger partial charge < -0.3 is 14.3 Å². The number of hydrogen-bond acceptors (Lipinski definition) is 3. The zero-order chi connectivity index (χ0) is 27.0. The molecule has 0 unspecified atom stereocenters. The van der Waals surface area contributed by atoms with Crippen molar-refractivity contribution in [3.8, 4) is 22.4 Å². The lowest BCUT2D eigenvalue weighted by Gasteiger charge is -2.32. The molecular weight excluding hydrogens is 479 g/mol. The predicted octanol–water partition coefficient (Wildman–Crippen LogP) is 7.62. The van der Waals surface area contributed by atoms with Gasteiger partial charge in [0.1, 0.15) is 5.82 Å². The first-order valence-corrected chi connectivity index (χ1v) is 15.0. The Morgan fingerprint density at radius 3 is 2.23 bits per heavy atom. The lowest BCUT2D eigenvalue weighted by Crippen LogP contribution is -2.41. The molecule has 3 aromatic rings. The third-order valence-corrected chi connectivity index (χ3v) is 10.6. The van der Waals surface area contributed by atoms with Gasteiger partial charge in [0.25, 0.3) is 0 Å². The topological polar surface area (TPSA) is 47.1 Å². The Morgan fingerprint density at radius 1 is 0.872 bits per heavy atom. The highest BCUT2D eigenvalue weighted by Crippen LogP contribution is 2.53. The van der Waals surface area contributed by atoms with Gasteiger partial charge in [-0.1, -0.05) is 60.9 Å². The maximum absolute atomic E-state index is 6.55. The fourth-order valence-electron chi connectivity index (χ4n) is 7.62. The Kier molecular flexibility index (Phi) is 5.81. The van der Waals surface area contributed by atoms with Crippen LogP contribution in [0.1, 0.15) is 102 Å². The summed E-state index contributed by atoms with van der Waals surface area (Å²) in [6.45, 7) is 10.8. The van der Waals surface area contributed by atoms with Gasteiger partial charge in [0.2, 0.25) is 0 Å². The number of fused-ring (bicyclic) bond motifs is 2. The van der Waals surface area contributed by atoms with E-state index in [2.05, 4.69) is 82.1 Å². The number of rotatable bonds is 4. The van der Waals surface area contributed by atoms with E-state index in [4.69, 9.17) is 14.3 Å². The first kappa shape index (κ1) is 25.3. The summed E-state index contributed by atoms with van der Waals surface area (Å²) >= 11 is 0. The van der Waals surface area contributed by atoms with Gasteiger partial charge in [-0.2, -0.15) is 0 Å². The fraction of sp³-hybridized carbons (Fsp3) is 0.500. The number of nitrogens with one attached hydrogen (secondary N) is 1. The minimum atomic E-state index is -0.331. The Balaban J connectivity index is 1.24. The van der Waals surface area contributed by atoms with E-state index in [0.717, 1.165) is 24.4 Å². The number of aromatic amines is 1. The van der Waals surface area contributed by atoms with Crippen LogP contribution in [0.4, 0.5) is 0 Å². The van der Waals surface area contributed by atoms with E-state index >= 15 is 0 Å². The molecule has 0 radical (unpaired) electrons. The SMILES string of the molecule is CC1=C[C@@H](c2ncc(-c3ccc(-c4ccc(B5OC(C)(C)C(C)(C)O5)c5c4C4(CCCC4)CC5)cc3)[nH]2)CC1. The molecule has 39 heavy (non-hydrogen) atoms. The lowest BCUT2D eigenvalue weighted by atomic mass is 9.70. The molecule has 1 saturated heterocycles. The van der Waals surface area contributed by atoms with Crippen molar-refractivity contribution in [1.82, 2.24) is 9.97 Å². The van der Waals surface area contributed by atoms with Crippen LogP contribution in [0.5, 0.6) is 0 Å². The zero-order valence-corrected chi connectivity index (χ0v) is 24.2. The standard InChI is InChI=1S/C34H41BN2O2/c1-22-8-9-25(20-22)31-36-21-29(37-31)24-12-10-23(11-13-24)26-14-15-28(35-38-32(2,3)33(4,5)39-35)27-16-19-34(30(26)27)17-6-7-18-34/h10-15,20-21,25H,6-9,16-19H2,1-5H3,(H,36,37)/t25-/m0/s1. The third-order valence-electron chi connectivity index (χ3n) is 10.6. The smallest absolute Gasteiger partial charge is 0.399 e. The molecule has 1 N–H and O–H groups in total. The molecule has 7 rings (SSSR count). The van der Waals surface area contributed by atoms with Crippen LogP contribution in [-0.2, 0) is 21.1 Å². The number of nitrogens with zero attached hydrogens (tertiary/aromatic N) is 1. The highest BCUT2D eigenvalue weighted by molar-refractivity contribution is 6.62. The molecule has 1 aromatic heterocycles. The van der Waals surface area contributed by atoms with Gasteiger partial charge in [-0.05, 0) is 112 Å². The minimum Gasteiger partial charge on any atom is -0.399 e. The van der Waals surface area contributed by atoms with Crippen molar-refractivity contribution in [2.75, 3.05) is 0 Å². The van der Waals surface area contributed by atoms with E-state index in [0.29, 0.717) is 11.3 Å². The van der Waals surface area contributed by atoms with Crippen molar-refractivity contribution >= 4 is 12.6 Å². The van der Waals surface area contributed by atoms with Gasteiger partial charge in [-0.15, -0.1) is 0 Å². The molecule has 1 saturated carbocycles. The van der Waals surface area contributed by atoms with Gasteiger partial charge in [0, 0.05) is 5.92 Å². The molecule has 5 heteroatoms. The van der Waals surface area contributed by atoms with Crippen LogP contribution in [0.25, 0.3) is 22.4 Å². The van der Waals surface area contributed by atoms with E-state index in [-0.39, 0.29) is 18.3 Å². The molecule has 4 aliphatic rings. The second-order valence-electron chi connectivity index (χ2n) is 13.5. The molecular formula is C34H41BN2O2. The van der Waals surface area contributed by atoms with E-state index in [1.165, 1.54) is 71.8 Å². The molecule has 1 aliphatic heterocycles. The van der Waals surface area contributed by atoms with Crippen LogP contribution in [0.15, 0.2) is 54.2 Å². The number of hydrogen-bond donors (Lipinski definition) is 1. The first-order valence-electron chi connectivity index (χ1n) is 15.0. The molecule has 0 amide bonds. The van der Waals surface area contributed by atoms with Crippen LogP contribution in [0.2, 0.25) is 0 Å². The van der Waals surface area contributed by atoms with Crippen LogP contribution >= 0.6 is 0 Å². The number of aromatic nitrogens is 2. The Morgan fingerprint density at radius 2 is 1.56 bits per heavy atom. The summed E-state index contributed by atoms with van der Waals surface area (Å²) in [5.74, 6) is 1.51. The molecule has 2 heterocycles. The van der Waals surface area contributed by atoms with E-state index < -0.39 is 0 Å². The van der Waals surface area contributed by atoms with Crippen LogP contribution in [-0.4, -0.2) is 28.3 Å². The summed E-state index contributed by atoms with van der Waals surface area (Å²) in [4.78, 5) is 8.33. The summed E-state index contributed by atoms with van der Waals surface area (Å²) in [6, 6.07) is 13.8. The number of H-pyrrole nitrogens is 1. The molecule has 1 spiro atoms. The van der Waals surface area contributed by atoms with Gasteiger partial charge in [-0.3, -0.25) is 0 Å². The van der Waals surface area contributed by atoms with Crippen molar-refractivity contribution in [3.63, 3.8) is 0 Å². The largest absolute Gasteiger partial charge is 0.495 e. The lowest BCUT2D eigenvalue weighted by molar-refractivity contribution is 0.00578. The maximum atomic E-state index is 6.55. The molecule has 2 aromatic carbocycles. The van der Waals surface area contributed by atoms with Gasteiger partial charge in [0.05, 0.1) is 23.1 Å².